The Balaban J connectivity index is 2.04. The first-order valence-corrected chi connectivity index (χ1v) is 7.52. The molecule has 1 aromatic carbocycles. The number of benzene rings is 1. The van der Waals surface area contributed by atoms with Gasteiger partial charge in [-0.05, 0) is 25.0 Å². The molecule has 0 aliphatic carbocycles. The molecular weight excluding hydrogens is 278 g/mol. The van der Waals surface area contributed by atoms with E-state index >= 15 is 0 Å². The molecule has 5 heteroatoms. The van der Waals surface area contributed by atoms with E-state index in [1.807, 2.05) is 38.1 Å². The lowest BCUT2D eigenvalue weighted by molar-refractivity contribution is 0.0943. The van der Waals surface area contributed by atoms with Crippen LogP contribution in [0.15, 0.2) is 41.2 Å². The molecule has 22 heavy (non-hydrogen) atoms. The number of hydrogen-bond donors (Lipinski definition) is 1. The number of hydrogen-bond acceptors (Lipinski definition) is 3. The molecule has 1 aromatic heterocycles. The molecule has 1 N–H and O–H groups in total. The molecule has 1 amide bonds. The van der Waals surface area contributed by atoms with Crippen molar-refractivity contribution in [3.8, 4) is 0 Å². The summed E-state index contributed by atoms with van der Waals surface area (Å²) in [6, 6.07) is 10.8. The van der Waals surface area contributed by atoms with E-state index in [0.29, 0.717) is 13.1 Å². The van der Waals surface area contributed by atoms with Crippen LogP contribution in [0.4, 0.5) is 0 Å². The molecule has 1 heterocycles. The Morgan fingerprint density at radius 3 is 2.82 bits per heavy atom. The minimum absolute atomic E-state index is 0.177. The second kappa shape index (κ2) is 7.54. The van der Waals surface area contributed by atoms with E-state index in [9.17, 15) is 9.59 Å². The molecule has 0 aliphatic heterocycles. The van der Waals surface area contributed by atoms with Gasteiger partial charge in [-0.25, -0.2) is 4.68 Å². The summed E-state index contributed by atoms with van der Waals surface area (Å²) < 4.78 is 1.35. The highest BCUT2D eigenvalue weighted by molar-refractivity contribution is 5.91. The van der Waals surface area contributed by atoms with E-state index in [0.717, 1.165) is 24.0 Å². The molecule has 5 nitrogen and oxygen atoms in total. The first kappa shape index (κ1) is 15.9. The van der Waals surface area contributed by atoms with Gasteiger partial charge in [0.2, 0.25) is 0 Å². The normalized spacial score (nSPS) is 10.5. The third kappa shape index (κ3) is 4.28. The summed E-state index contributed by atoms with van der Waals surface area (Å²) in [5, 5.41) is 6.96. The third-order valence-corrected chi connectivity index (χ3v) is 3.36. The minimum Gasteiger partial charge on any atom is -0.347 e. The second-order valence-corrected chi connectivity index (χ2v) is 5.31. The van der Waals surface area contributed by atoms with E-state index in [1.54, 1.807) is 0 Å². The predicted molar refractivity (Wildman–Crippen MR) is 85.8 cm³/mol. The Bertz CT molecular complexity index is 707. The Morgan fingerprint density at radius 1 is 1.27 bits per heavy atom. The highest BCUT2D eigenvalue weighted by atomic mass is 16.2. The number of nitrogens with one attached hydrogen (secondary N) is 1. The van der Waals surface area contributed by atoms with Crippen LogP contribution in [0.1, 0.15) is 41.4 Å². The zero-order valence-electron chi connectivity index (χ0n) is 13.0. The van der Waals surface area contributed by atoms with Crippen molar-refractivity contribution in [3.63, 3.8) is 0 Å². The smallest absolute Gasteiger partial charge is 0.271 e. The number of carbonyl (C=O) groups is 1. The van der Waals surface area contributed by atoms with Gasteiger partial charge in [-0.15, -0.1) is 0 Å². The molecule has 116 valence electrons. The second-order valence-electron chi connectivity index (χ2n) is 5.31. The Labute approximate surface area is 130 Å². The molecule has 0 spiro atoms. The van der Waals surface area contributed by atoms with Gasteiger partial charge < -0.3 is 5.32 Å². The number of rotatable bonds is 6. The molecule has 0 radical (unpaired) electrons. The Kier molecular flexibility index (Phi) is 5.47. The third-order valence-electron chi connectivity index (χ3n) is 3.36. The lowest BCUT2D eigenvalue weighted by Crippen LogP contribution is -2.29. The summed E-state index contributed by atoms with van der Waals surface area (Å²) in [4.78, 5) is 23.8. The van der Waals surface area contributed by atoms with Crippen molar-refractivity contribution >= 4 is 5.91 Å². The lowest BCUT2D eigenvalue weighted by Gasteiger charge is -2.08. The number of aryl methyl sites for hydroxylation is 2. The van der Waals surface area contributed by atoms with E-state index in [-0.39, 0.29) is 17.2 Å². The largest absolute Gasteiger partial charge is 0.347 e. The van der Waals surface area contributed by atoms with Crippen LogP contribution in [0.2, 0.25) is 0 Å². The van der Waals surface area contributed by atoms with Gasteiger partial charge in [-0.2, -0.15) is 5.10 Å². The highest BCUT2D eigenvalue weighted by Gasteiger charge is 2.09. The van der Waals surface area contributed by atoms with Crippen molar-refractivity contribution in [2.24, 2.45) is 0 Å². The summed E-state index contributed by atoms with van der Waals surface area (Å²) in [7, 11) is 0. The zero-order chi connectivity index (χ0) is 15.9. The van der Waals surface area contributed by atoms with Crippen LogP contribution in [0, 0.1) is 6.92 Å². The van der Waals surface area contributed by atoms with Crippen LogP contribution in [0.3, 0.4) is 0 Å². The van der Waals surface area contributed by atoms with E-state index in [2.05, 4.69) is 10.4 Å². The molecule has 0 atom stereocenters. The van der Waals surface area contributed by atoms with Crippen LogP contribution in [0.5, 0.6) is 0 Å². The first-order valence-electron chi connectivity index (χ1n) is 7.52. The summed E-state index contributed by atoms with van der Waals surface area (Å²) in [6.45, 7) is 5.03. The van der Waals surface area contributed by atoms with Crippen LogP contribution in [-0.2, 0) is 13.1 Å². The van der Waals surface area contributed by atoms with Crippen molar-refractivity contribution < 1.29 is 4.79 Å². The summed E-state index contributed by atoms with van der Waals surface area (Å²) >= 11 is 0. The average molecular weight is 299 g/mol. The molecule has 2 aromatic rings. The maximum Gasteiger partial charge on any atom is 0.271 e. The average Bonchev–Trinajstić information content (AvgIpc) is 2.52. The fourth-order valence-electron chi connectivity index (χ4n) is 2.13. The quantitative estimate of drug-likeness (QED) is 0.890. The minimum atomic E-state index is -0.272. The molecule has 0 saturated carbocycles. The monoisotopic (exact) mass is 299 g/mol. The molecule has 2 rings (SSSR count). The summed E-state index contributed by atoms with van der Waals surface area (Å²) in [5.41, 5.74) is 2.28. The first-order chi connectivity index (χ1) is 10.6. The van der Waals surface area contributed by atoms with E-state index < -0.39 is 0 Å². The van der Waals surface area contributed by atoms with Crippen molar-refractivity contribution in [2.45, 2.75) is 39.8 Å². The number of aromatic nitrogens is 2. The van der Waals surface area contributed by atoms with E-state index in [1.165, 1.54) is 16.8 Å². The predicted octanol–water partition coefficient (Wildman–Crippen LogP) is 2.28. The van der Waals surface area contributed by atoms with Gasteiger partial charge in [-0.1, -0.05) is 43.2 Å². The molecule has 0 unspecified atom stereocenters. The standard InChI is InChI=1S/C17H21N3O2/c1-3-4-10-20-16(21)9-8-15(19-20)17(22)18-12-14-7-5-6-13(2)11-14/h5-9,11H,3-4,10,12H2,1-2H3,(H,18,22). The van der Waals surface area contributed by atoms with Gasteiger partial charge in [0.05, 0.1) is 0 Å². The van der Waals surface area contributed by atoms with Crippen LogP contribution in [0.25, 0.3) is 0 Å². The molecular formula is C17H21N3O2. The lowest BCUT2D eigenvalue weighted by atomic mass is 10.1. The number of amides is 1. The topological polar surface area (TPSA) is 64.0 Å². The molecule has 0 fully saturated rings. The Morgan fingerprint density at radius 2 is 2.09 bits per heavy atom. The SMILES string of the molecule is CCCCn1nc(C(=O)NCc2cccc(C)c2)ccc1=O. The van der Waals surface area contributed by atoms with Gasteiger partial charge in [-0.3, -0.25) is 9.59 Å². The molecule has 0 aliphatic rings. The van der Waals surface area contributed by atoms with Gasteiger partial charge in [0, 0.05) is 19.2 Å². The van der Waals surface area contributed by atoms with Crippen molar-refractivity contribution in [1.29, 1.82) is 0 Å². The number of carbonyl (C=O) groups excluding carboxylic acids is 1. The van der Waals surface area contributed by atoms with Crippen molar-refractivity contribution in [1.82, 2.24) is 15.1 Å². The molecule has 0 saturated heterocycles. The van der Waals surface area contributed by atoms with Crippen molar-refractivity contribution in [2.75, 3.05) is 0 Å². The summed E-state index contributed by atoms with van der Waals surface area (Å²) in [6.07, 6.45) is 1.83. The molecule has 0 bridgehead atoms. The van der Waals surface area contributed by atoms with Crippen LogP contribution >= 0.6 is 0 Å². The maximum atomic E-state index is 12.2. The van der Waals surface area contributed by atoms with Crippen LogP contribution in [-0.4, -0.2) is 15.7 Å². The van der Waals surface area contributed by atoms with Gasteiger partial charge in [0.15, 0.2) is 0 Å². The van der Waals surface area contributed by atoms with Gasteiger partial charge >= 0.3 is 0 Å². The van der Waals surface area contributed by atoms with Crippen molar-refractivity contribution in [3.05, 3.63) is 63.6 Å². The van der Waals surface area contributed by atoms with E-state index in [4.69, 9.17) is 0 Å². The Hall–Kier alpha value is -2.43. The van der Waals surface area contributed by atoms with Gasteiger partial charge in [0.1, 0.15) is 5.69 Å². The maximum absolute atomic E-state index is 12.2. The van der Waals surface area contributed by atoms with Gasteiger partial charge in [0.25, 0.3) is 11.5 Å². The fraction of sp³-hybridized carbons (Fsp3) is 0.353. The van der Waals surface area contributed by atoms with Crippen LogP contribution < -0.4 is 10.9 Å². The fourth-order valence-corrected chi connectivity index (χ4v) is 2.13. The highest BCUT2D eigenvalue weighted by Crippen LogP contribution is 2.03. The zero-order valence-corrected chi connectivity index (χ0v) is 13.0. The number of unbranched alkanes of at least 4 members (excludes halogenated alkanes) is 1. The summed E-state index contributed by atoms with van der Waals surface area (Å²) in [5.74, 6) is -0.272. The number of nitrogens with zero attached hydrogens (tertiary/aromatic N) is 2.